The second-order valence-electron chi connectivity index (χ2n) is 6.60. The Morgan fingerprint density at radius 1 is 1.26 bits per heavy atom. The fourth-order valence-electron chi connectivity index (χ4n) is 3.14. The predicted molar refractivity (Wildman–Crippen MR) is 81.9 cm³/mol. The summed E-state index contributed by atoms with van der Waals surface area (Å²) in [6.07, 6.45) is 8.00. The number of hydrogen-bond donors (Lipinski definition) is 1. The van der Waals surface area contributed by atoms with Crippen molar-refractivity contribution in [1.82, 2.24) is 0 Å². The van der Waals surface area contributed by atoms with Crippen LogP contribution in [0.4, 0.5) is 0 Å². The second-order valence-corrected chi connectivity index (χ2v) is 9.28. The van der Waals surface area contributed by atoms with Gasteiger partial charge in [-0.3, -0.25) is 0 Å². The molecule has 114 valence electrons. The molecule has 0 aromatic heterocycles. The lowest BCUT2D eigenvalue weighted by molar-refractivity contribution is 0.146. The van der Waals surface area contributed by atoms with E-state index in [2.05, 4.69) is 6.92 Å². The van der Waals surface area contributed by atoms with Crippen molar-refractivity contribution in [1.29, 1.82) is 0 Å². The quantitative estimate of drug-likeness (QED) is 0.783. The van der Waals surface area contributed by atoms with E-state index in [1.807, 2.05) is 0 Å². The van der Waals surface area contributed by atoms with E-state index in [0.717, 1.165) is 25.2 Å². The summed E-state index contributed by atoms with van der Waals surface area (Å²) in [6, 6.07) is 0. The molecule has 1 aliphatic carbocycles. The van der Waals surface area contributed by atoms with Gasteiger partial charge in [0.05, 0.1) is 11.0 Å². The summed E-state index contributed by atoms with van der Waals surface area (Å²) in [5, 5.41) is -0.265. The highest BCUT2D eigenvalue weighted by Crippen LogP contribution is 2.42. The summed E-state index contributed by atoms with van der Waals surface area (Å²) in [5.41, 5.74) is 6.06. The molecule has 1 rings (SSSR count). The standard InChI is InChI=1S/C15H31NO2S/c1-4-5-14-6-8-15(12-16,9-7-14)10-11-19(17,18)13(2)3/h13-14H,4-12,16H2,1-3H3. The summed E-state index contributed by atoms with van der Waals surface area (Å²) >= 11 is 0. The summed E-state index contributed by atoms with van der Waals surface area (Å²) < 4.78 is 23.9. The third kappa shape index (κ3) is 4.75. The smallest absolute Gasteiger partial charge is 0.152 e. The van der Waals surface area contributed by atoms with E-state index in [1.165, 1.54) is 25.7 Å². The Hall–Kier alpha value is -0.0900. The lowest BCUT2D eigenvalue weighted by Gasteiger charge is -2.39. The Labute approximate surface area is 119 Å². The average molecular weight is 289 g/mol. The topological polar surface area (TPSA) is 60.2 Å². The maximum atomic E-state index is 12.0. The van der Waals surface area contributed by atoms with E-state index < -0.39 is 9.84 Å². The molecule has 2 N–H and O–H groups in total. The Bertz CT molecular complexity index is 354. The molecule has 1 aliphatic rings. The van der Waals surface area contributed by atoms with E-state index >= 15 is 0 Å². The van der Waals surface area contributed by atoms with Gasteiger partial charge in [0, 0.05) is 0 Å². The van der Waals surface area contributed by atoms with Crippen LogP contribution in [-0.4, -0.2) is 26.0 Å². The lowest BCUT2D eigenvalue weighted by Crippen LogP contribution is -2.37. The lowest BCUT2D eigenvalue weighted by atomic mass is 9.68. The molecule has 19 heavy (non-hydrogen) atoms. The zero-order chi connectivity index (χ0) is 14.5. The van der Waals surface area contributed by atoms with E-state index in [1.54, 1.807) is 13.8 Å². The van der Waals surface area contributed by atoms with Gasteiger partial charge < -0.3 is 5.73 Å². The highest BCUT2D eigenvalue weighted by Gasteiger charge is 2.35. The van der Waals surface area contributed by atoms with Crippen LogP contribution in [0.3, 0.4) is 0 Å². The van der Waals surface area contributed by atoms with Crippen molar-refractivity contribution in [3.05, 3.63) is 0 Å². The maximum Gasteiger partial charge on any atom is 0.152 e. The SMILES string of the molecule is CCCC1CCC(CN)(CCS(=O)(=O)C(C)C)CC1. The average Bonchev–Trinajstić information content (AvgIpc) is 2.39. The molecule has 0 bridgehead atoms. The van der Waals surface area contributed by atoms with Crippen LogP contribution in [0.15, 0.2) is 0 Å². The van der Waals surface area contributed by atoms with Crippen LogP contribution in [0.5, 0.6) is 0 Å². The minimum Gasteiger partial charge on any atom is -0.330 e. The third-order valence-electron chi connectivity index (χ3n) is 4.93. The zero-order valence-corrected chi connectivity index (χ0v) is 13.6. The van der Waals surface area contributed by atoms with Crippen molar-refractivity contribution in [2.24, 2.45) is 17.1 Å². The monoisotopic (exact) mass is 289 g/mol. The van der Waals surface area contributed by atoms with Crippen molar-refractivity contribution < 1.29 is 8.42 Å². The molecule has 0 aromatic rings. The van der Waals surface area contributed by atoms with E-state index in [-0.39, 0.29) is 10.7 Å². The molecule has 0 aliphatic heterocycles. The first kappa shape index (κ1) is 17.0. The third-order valence-corrected chi connectivity index (χ3v) is 7.14. The predicted octanol–water partition coefficient (Wildman–Crippen LogP) is 3.14. The Morgan fingerprint density at radius 2 is 1.84 bits per heavy atom. The summed E-state index contributed by atoms with van der Waals surface area (Å²) in [6.45, 7) is 6.41. The van der Waals surface area contributed by atoms with Crippen molar-refractivity contribution in [3.63, 3.8) is 0 Å². The highest BCUT2D eigenvalue weighted by molar-refractivity contribution is 7.91. The van der Waals surface area contributed by atoms with Crippen LogP contribution in [0.1, 0.15) is 65.7 Å². The molecule has 1 saturated carbocycles. The molecular formula is C15H31NO2S. The Balaban J connectivity index is 2.55. The molecule has 3 nitrogen and oxygen atoms in total. The van der Waals surface area contributed by atoms with Crippen LogP contribution in [0.2, 0.25) is 0 Å². The molecule has 4 heteroatoms. The van der Waals surface area contributed by atoms with Crippen LogP contribution < -0.4 is 5.73 Å². The zero-order valence-electron chi connectivity index (χ0n) is 12.8. The summed E-state index contributed by atoms with van der Waals surface area (Å²) in [7, 11) is -2.93. The van der Waals surface area contributed by atoms with Crippen LogP contribution in [-0.2, 0) is 9.84 Å². The Morgan fingerprint density at radius 3 is 2.26 bits per heavy atom. The van der Waals surface area contributed by atoms with Gasteiger partial charge >= 0.3 is 0 Å². The van der Waals surface area contributed by atoms with E-state index in [4.69, 9.17) is 5.73 Å². The highest BCUT2D eigenvalue weighted by atomic mass is 32.2. The molecule has 0 heterocycles. The van der Waals surface area contributed by atoms with Gasteiger partial charge in [-0.1, -0.05) is 19.8 Å². The molecular weight excluding hydrogens is 258 g/mol. The van der Waals surface area contributed by atoms with Gasteiger partial charge in [-0.15, -0.1) is 0 Å². The second kappa shape index (κ2) is 7.07. The summed E-state index contributed by atoms with van der Waals surface area (Å²) in [5.74, 6) is 1.15. The molecule has 1 fully saturated rings. The Kier molecular flexibility index (Phi) is 6.31. The normalized spacial score (nSPS) is 28.8. The summed E-state index contributed by atoms with van der Waals surface area (Å²) in [4.78, 5) is 0. The van der Waals surface area contributed by atoms with E-state index in [9.17, 15) is 8.42 Å². The molecule has 0 spiro atoms. The van der Waals surface area contributed by atoms with Crippen LogP contribution in [0, 0.1) is 11.3 Å². The first-order valence-electron chi connectivity index (χ1n) is 7.77. The van der Waals surface area contributed by atoms with Gasteiger partial charge in [-0.25, -0.2) is 8.42 Å². The molecule has 0 unspecified atom stereocenters. The molecule has 0 amide bonds. The molecule has 0 atom stereocenters. The number of hydrogen-bond acceptors (Lipinski definition) is 3. The maximum absolute atomic E-state index is 12.0. The van der Waals surface area contributed by atoms with Crippen molar-refractivity contribution >= 4 is 9.84 Å². The minimum absolute atomic E-state index is 0.0895. The van der Waals surface area contributed by atoms with Gasteiger partial charge in [-0.05, 0) is 63.8 Å². The van der Waals surface area contributed by atoms with Gasteiger partial charge in [0.1, 0.15) is 0 Å². The minimum atomic E-state index is -2.93. The van der Waals surface area contributed by atoms with Gasteiger partial charge in [0.25, 0.3) is 0 Å². The van der Waals surface area contributed by atoms with E-state index in [0.29, 0.717) is 12.3 Å². The fourth-order valence-corrected chi connectivity index (χ4v) is 4.33. The molecule has 0 aromatic carbocycles. The molecule has 0 saturated heterocycles. The van der Waals surface area contributed by atoms with Gasteiger partial charge in [-0.2, -0.15) is 0 Å². The number of rotatable bonds is 7. The number of nitrogens with two attached hydrogens (primary N) is 1. The first-order valence-corrected chi connectivity index (χ1v) is 9.48. The van der Waals surface area contributed by atoms with Gasteiger partial charge in [0.2, 0.25) is 0 Å². The largest absolute Gasteiger partial charge is 0.330 e. The first-order chi connectivity index (χ1) is 8.85. The van der Waals surface area contributed by atoms with Crippen LogP contribution in [0.25, 0.3) is 0 Å². The number of sulfone groups is 1. The van der Waals surface area contributed by atoms with Crippen molar-refractivity contribution in [3.8, 4) is 0 Å². The van der Waals surface area contributed by atoms with Crippen molar-refractivity contribution in [2.75, 3.05) is 12.3 Å². The van der Waals surface area contributed by atoms with Gasteiger partial charge in [0.15, 0.2) is 9.84 Å². The van der Waals surface area contributed by atoms with Crippen molar-refractivity contribution in [2.45, 2.75) is 71.0 Å². The van der Waals surface area contributed by atoms with Crippen LogP contribution >= 0.6 is 0 Å². The molecule has 0 radical (unpaired) electrons. The fraction of sp³-hybridized carbons (Fsp3) is 1.00.